The summed E-state index contributed by atoms with van der Waals surface area (Å²) in [4.78, 5) is 44.7. The van der Waals surface area contributed by atoms with Crippen LogP contribution in [0.4, 0.5) is 4.39 Å². The summed E-state index contributed by atoms with van der Waals surface area (Å²) in [5.41, 5.74) is 2.52. The number of methoxy groups -OCH3 is 1. The number of carbonyl (C=O) groups is 2. The molecule has 0 radical (unpaired) electrons. The van der Waals surface area contributed by atoms with Crippen LogP contribution >= 0.6 is 11.3 Å². The molecule has 1 aromatic heterocycles. The molecule has 11 nitrogen and oxygen atoms in total. The van der Waals surface area contributed by atoms with E-state index < -0.39 is 18.0 Å². The molecule has 1 aliphatic heterocycles. The Balaban J connectivity index is 1.63. The van der Waals surface area contributed by atoms with Gasteiger partial charge < -0.3 is 28.4 Å². The number of hydrogen-bond donors (Lipinski definition) is 0. The molecular weight excluding hydrogens is 704 g/mol. The predicted octanol–water partition coefficient (Wildman–Crippen LogP) is 5.59. The highest BCUT2D eigenvalue weighted by Gasteiger charge is 2.34. The molecule has 0 N–H and O–H groups in total. The highest BCUT2D eigenvalue weighted by Crippen LogP contribution is 2.37. The van der Waals surface area contributed by atoms with E-state index in [1.165, 1.54) is 29.1 Å². The van der Waals surface area contributed by atoms with Gasteiger partial charge in [0.2, 0.25) is 0 Å². The van der Waals surface area contributed by atoms with Gasteiger partial charge in [-0.1, -0.05) is 41.7 Å². The van der Waals surface area contributed by atoms with E-state index in [2.05, 4.69) is 11.6 Å². The van der Waals surface area contributed by atoms with E-state index in [0.717, 1.165) is 5.56 Å². The Morgan fingerprint density at radius 2 is 1.70 bits per heavy atom. The lowest BCUT2D eigenvalue weighted by Gasteiger charge is -2.25. The molecule has 0 aliphatic carbocycles. The second-order valence-electron chi connectivity index (χ2n) is 11.6. The Labute approximate surface area is 310 Å². The second-order valence-corrected chi connectivity index (χ2v) is 12.6. The van der Waals surface area contributed by atoms with Crippen LogP contribution in [0.25, 0.3) is 6.08 Å². The number of hydrogen-bond acceptors (Lipinski definition) is 11. The highest BCUT2D eigenvalue weighted by atomic mass is 32.1. The van der Waals surface area contributed by atoms with E-state index >= 15 is 0 Å². The Hall–Kier alpha value is -5.69. The topological polar surface area (TPSA) is 124 Å². The van der Waals surface area contributed by atoms with Gasteiger partial charge in [0.1, 0.15) is 12.4 Å². The molecule has 1 aliphatic rings. The molecular formula is C40H41FN2O9S. The SMILES string of the molecule is C=CCc1cc(/C=c2\sc3n(c2=O)[C@H](c2ccc(OCC(=O)OC)c(OCC)c2)C(C(=O)OCC)=C(C)N=3)cc(OCC)c1OCc1ccccc1F. The van der Waals surface area contributed by atoms with E-state index in [9.17, 15) is 18.8 Å². The molecule has 3 aromatic carbocycles. The third-order valence-corrected chi connectivity index (χ3v) is 9.10. The van der Waals surface area contributed by atoms with Crippen molar-refractivity contribution in [1.29, 1.82) is 0 Å². The van der Waals surface area contributed by atoms with Crippen LogP contribution in [-0.4, -0.2) is 50.0 Å². The van der Waals surface area contributed by atoms with Crippen molar-refractivity contribution in [1.82, 2.24) is 4.57 Å². The predicted molar refractivity (Wildman–Crippen MR) is 198 cm³/mol. The number of nitrogens with zero attached hydrogens (tertiary/aromatic N) is 2. The van der Waals surface area contributed by atoms with Gasteiger partial charge in [0.05, 0.1) is 48.8 Å². The minimum atomic E-state index is -0.925. The summed E-state index contributed by atoms with van der Waals surface area (Å²) in [5, 5.41) is 0. The van der Waals surface area contributed by atoms with E-state index in [4.69, 9.17) is 28.4 Å². The van der Waals surface area contributed by atoms with Gasteiger partial charge in [0.15, 0.2) is 34.4 Å². The van der Waals surface area contributed by atoms with Crippen molar-refractivity contribution >= 4 is 29.4 Å². The normalized spacial score (nSPS) is 13.8. The number of ether oxygens (including phenoxy) is 6. The van der Waals surface area contributed by atoms with Crippen molar-refractivity contribution in [3.05, 3.63) is 126 Å². The fourth-order valence-corrected chi connectivity index (χ4v) is 6.85. The molecule has 5 rings (SSSR count). The van der Waals surface area contributed by atoms with E-state index in [1.807, 2.05) is 13.0 Å². The fraction of sp³-hybridized carbons (Fsp3) is 0.300. The largest absolute Gasteiger partial charge is 0.490 e. The quantitative estimate of drug-likeness (QED) is 0.107. The van der Waals surface area contributed by atoms with Gasteiger partial charge >= 0.3 is 11.9 Å². The second kappa shape index (κ2) is 17.7. The summed E-state index contributed by atoms with van der Waals surface area (Å²) in [5.74, 6) is -0.0804. The van der Waals surface area contributed by atoms with Crippen LogP contribution in [0.2, 0.25) is 0 Å². The van der Waals surface area contributed by atoms with Crippen molar-refractivity contribution in [3.8, 4) is 23.0 Å². The zero-order valence-corrected chi connectivity index (χ0v) is 31.0. The highest BCUT2D eigenvalue weighted by molar-refractivity contribution is 7.07. The average Bonchev–Trinajstić information content (AvgIpc) is 3.44. The molecule has 0 saturated heterocycles. The number of allylic oxidation sites excluding steroid dienone is 2. The Morgan fingerprint density at radius 3 is 2.40 bits per heavy atom. The van der Waals surface area contributed by atoms with Crippen LogP contribution < -0.4 is 33.8 Å². The number of benzene rings is 3. The maximum absolute atomic E-state index is 14.4. The number of carbonyl (C=O) groups excluding carboxylic acids is 2. The van der Waals surface area contributed by atoms with Gasteiger partial charge in [-0.15, -0.1) is 6.58 Å². The number of aromatic nitrogens is 1. The zero-order valence-electron chi connectivity index (χ0n) is 30.2. The van der Waals surface area contributed by atoms with Crippen molar-refractivity contribution in [2.45, 2.75) is 46.8 Å². The lowest BCUT2D eigenvalue weighted by atomic mass is 9.95. The maximum atomic E-state index is 14.4. The van der Waals surface area contributed by atoms with Gasteiger partial charge in [-0.2, -0.15) is 0 Å². The summed E-state index contributed by atoms with van der Waals surface area (Å²) in [6, 6.07) is 14.1. The molecule has 53 heavy (non-hydrogen) atoms. The first-order valence-electron chi connectivity index (χ1n) is 17.1. The molecule has 13 heteroatoms. The first kappa shape index (κ1) is 38.5. The molecule has 4 aromatic rings. The van der Waals surface area contributed by atoms with Gasteiger partial charge in [-0.25, -0.2) is 19.0 Å². The maximum Gasteiger partial charge on any atom is 0.343 e. The van der Waals surface area contributed by atoms with Gasteiger partial charge in [0.25, 0.3) is 5.56 Å². The number of esters is 2. The summed E-state index contributed by atoms with van der Waals surface area (Å²) < 4.78 is 50.0. The molecule has 0 unspecified atom stereocenters. The first-order valence-corrected chi connectivity index (χ1v) is 17.9. The van der Waals surface area contributed by atoms with Crippen molar-refractivity contribution < 1.29 is 42.4 Å². The zero-order chi connectivity index (χ0) is 38.1. The third kappa shape index (κ3) is 8.69. The Morgan fingerprint density at radius 1 is 0.943 bits per heavy atom. The summed E-state index contributed by atoms with van der Waals surface area (Å²) in [6.45, 7) is 11.3. The van der Waals surface area contributed by atoms with Crippen LogP contribution in [0.3, 0.4) is 0 Å². The van der Waals surface area contributed by atoms with Crippen LogP contribution in [0.1, 0.15) is 56.0 Å². The smallest absolute Gasteiger partial charge is 0.343 e. The number of thiazole rings is 1. The molecule has 1 atom stereocenters. The molecule has 0 fully saturated rings. The van der Waals surface area contributed by atoms with Crippen LogP contribution in [0.5, 0.6) is 23.0 Å². The summed E-state index contributed by atoms with van der Waals surface area (Å²) in [6.07, 6.45) is 3.87. The lowest BCUT2D eigenvalue weighted by molar-refractivity contribution is -0.143. The van der Waals surface area contributed by atoms with E-state index in [0.29, 0.717) is 62.0 Å². The minimum absolute atomic E-state index is 0.0135. The minimum Gasteiger partial charge on any atom is -0.490 e. The van der Waals surface area contributed by atoms with Crippen LogP contribution in [0, 0.1) is 5.82 Å². The van der Waals surface area contributed by atoms with Crippen molar-refractivity contribution in [3.63, 3.8) is 0 Å². The van der Waals surface area contributed by atoms with Crippen molar-refractivity contribution in [2.75, 3.05) is 33.5 Å². The Kier molecular flexibility index (Phi) is 12.9. The molecule has 0 spiro atoms. The first-order chi connectivity index (χ1) is 25.6. The molecule has 0 saturated carbocycles. The van der Waals surface area contributed by atoms with E-state index in [-0.39, 0.29) is 49.1 Å². The summed E-state index contributed by atoms with van der Waals surface area (Å²) >= 11 is 1.17. The number of rotatable bonds is 16. The van der Waals surface area contributed by atoms with Crippen LogP contribution in [-0.2, 0) is 32.1 Å². The monoisotopic (exact) mass is 744 g/mol. The average molecular weight is 745 g/mol. The lowest BCUT2D eigenvalue weighted by Crippen LogP contribution is -2.40. The van der Waals surface area contributed by atoms with E-state index in [1.54, 1.807) is 75.4 Å². The number of halogens is 1. The molecule has 278 valence electrons. The number of fused-ring (bicyclic) bond motifs is 1. The fourth-order valence-electron chi connectivity index (χ4n) is 5.80. The van der Waals surface area contributed by atoms with Gasteiger partial charge in [-0.05, 0) is 81.7 Å². The van der Waals surface area contributed by atoms with Crippen molar-refractivity contribution in [2.24, 2.45) is 4.99 Å². The Bertz CT molecular complexity index is 2220. The third-order valence-electron chi connectivity index (χ3n) is 8.12. The van der Waals surface area contributed by atoms with Gasteiger partial charge in [0, 0.05) is 11.1 Å². The van der Waals surface area contributed by atoms with Gasteiger partial charge in [-0.3, -0.25) is 9.36 Å². The molecule has 2 heterocycles. The summed E-state index contributed by atoms with van der Waals surface area (Å²) in [7, 11) is 1.26. The standard InChI is InChI=1S/C40H41FN2O9S/c1-7-13-27-18-25(19-32(49-9-3)37(27)52-22-28-14-11-12-15-29(28)41)20-33-38(45)43-36(35(39(46)50-10-4)24(5)42-40(43)53-33)26-16-17-30(31(21-26)48-8-2)51-23-34(44)47-6/h7,11-12,14-21,36H,1,8-10,13,22-23H2,2-6H3/b33-20-/t36-/m1/s1. The van der Waals surface area contributed by atoms with Crippen LogP contribution in [0.15, 0.2) is 88.3 Å². The molecule has 0 bridgehead atoms. The molecule has 0 amide bonds.